The molecule has 1 saturated carbocycles. The molecule has 0 bridgehead atoms. The number of hydrogen-bond donors (Lipinski definition) is 3. The van der Waals surface area contributed by atoms with Crippen molar-refractivity contribution in [2.24, 2.45) is 11.8 Å². The van der Waals surface area contributed by atoms with Crippen LogP contribution in [0, 0.1) is 18.8 Å². The standard InChI is InChI=1S/C17H21N3O3/c1-10-2-7-13-14(8-10)20-15(19-13)9-18-16(21)11-3-5-12(6-4-11)17(22)23/h2,7-8,11-12H,3-6,9H2,1H3,(H,18,21)(H,19,20)(H,22,23). The van der Waals surface area contributed by atoms with Crippen molar-refractivity contribution in [3.63, 3.8) is 0 Å². The molecular formula is C17H21N3O3. The van der Waals surface area contributed by atoms with Crippen LogP contribution < -0.4 is 5.32 Å². The Morgan fingerprint density at radius 1 is 1.26 bits per heavy atom. The third-order valence-corrected chi connectivity index (χ3v) is 4.56. The average molecular weight is 315 g/mol. The molecule has 1 fully saturated rings. The van der Waals surface area contributed by atoms with Gasteiger partial charge in [0.05, 0.1) is 23.5 Å². The van der Waals surface area contributed by atoms with Crippen LogP contribution in [0.2, 0.25) is 0 Å². The third kappa shape index (κ3) is 3.52. The van der Waals surface area contributed by atoms with Crippen LogP contribution in [0.15, 0.2) is 18.2 Å². The van der Waals surface area contributed by atoms with E-state index >= 15 is 0 Å². The molecule has 1 heterocycles. The molecule has 2 aromatic rings. The fourth-order valence-electron chi connectivity index (χ4n) is 3.18. The van der Waals surface area contributed by atoms with E-state index in [0.29, 0.717) is 32.2 Å². The van der Waals surface area contributed by atoms with Crippen molar-refractivity contribution < 1.29 is 14.7 Å². The quantitative estimate of drug-likeness (QED) is 0.807. The number of fused-ring (bicyclic) bond motifs is 1. The van der Waals surface area contributed by atoms with Crippen molar-refractivity contribution in [2.45, 2.75) is 39.2 Å². The summed E-state index contributed by atoms with van der Waals surface area (Å²) in [5.74, 6) is -0.403. The predicted octanol–water partition coefficient (Wildman–Crippen LogP) is 2.38. The summed E-state index contributed by atoms with van der Waals surface area (Å²) >= 11 is 0. The van der Waals surface area contributed by atoms with Crippen molar-refractivity contribution in [2.75, 3.05) is 0 Å². The predicted molar refractivity (Wildman–Crippen MR) is 85.8 cm³/mol. The maximum atomic E-state index is 12.2. The van der Waals surface area contributed by atoms with Crippen LogP contribution in [0.25, 0.3) is 11.0 Å². The number of benzene rings is 1. The molecule has 23 heavy (non-hydrogen) atoms. The monoisotopic (exact) mass is 315 g/mol. The lowest BCUT2D eigenvalue weighted by molar-refractivity contribution is -0.144. The number of carbonyl (C=O) groups excluding carboxylic acids is 1. The summed E-state index contributed by atoms with van der Waals surface area (Å²) < 4.78 is 0. The molecule has 3 rings (SSSR count). The number of aliphatic carboxylic acids is 1. The summed E-state index contributed by atoms with van der Waals surface area (Å²) in [6.07, 6.45) is 2.44. The summed E-state index contributed by atoms with van der Waals surface area (Å²) in [7, 11) is 0. The van der Waals surface area contributed by atoms with E-state index in [-0.39, 0.29) is 17.7 Å². The fourth-order valence-corrected chi connectivity index (χ4v) is 3.18. The van der Waals surface area contributed by atoms with Crippen LogP contribution in [-0.4, -0.2) is 27.0 Å². The lowest BCUT2D eigenvalue weighted by Crippen LogP contribution is -2.34. The minimum atomic E-state index is -0.749. The summed E-state index contributed by atoms with van der Waals surface area (Å²) in [5.41, 5.74) is 3.02. The van der Waals surface area contributed by atoms with Gasteiger partial charge in [0.15, 0.2) is 0 Å². The zero-order chi connectivity index (χ0) is 16.4. The van der Waals surface area contributed by atoms with Gasteiger partial charge in [0.2, 0.25) is 5.91 Å². The van der Waals surface area contributed by atoms with Gasteiger partial charge in [-0.25, -0.2) is 4.98 Å². The Morgan fingerprint density at radius 2 is 1.96 bits per heavy atom. The number of nitrogens with zero attached hydrogens (tertiary/aromatic N) is 1. The first-order chi connectivity index (χ1) is 11.0. The zero-order valence-corrected chi connectivity index (χ0v) is 13.1. The number of carbonyl (C=O) groups is 2. The minimum absolute atomic E-state index is 0.00882. The first-order valence-electron chi connectivity index (χ1n) is 7.98. The smallest absolute Gasteiger partial charge is 0.306 e. The van der Waals surface area contributed by atoms with E-state index < -0.39 is 5.97 Å². The molecule has 6 heteroatoms. The number of aromatic nitrogens is 2. The zero-order valence-electron chi connectivity index (χ0n) is 13.1. The summed E-state index contributed by atoms with van der Waals surface area (Å²) in [6, 6.07) is 5.99. The van der Waals surface area contributed by atoms with Gasteiger partial charge in [-0.05, 0) is 50.3 Å². The highest BCUT2D eigenvalue weighted by Gasteiger charge is 2.29. The number of carboxylic acid groups (broad SMARTS) is 1. The Labute approximate surface area is 134 Å². The third-order valence-electron chi connectivity index (χ3n) is 4.56. The molecule has 0 saturated heterocycles. The fraction of sp³-hybridized carbons (Fsp3) is 0.471. The highest BCUT2D eigenvalue weighted by molar-refractivity contribution is 5.79. The molecule has 6 nitrogen and oxygen atoms in total. The highest BCUT2D eigenvalue weighted by atomic mass is 16.4. The van der Waals surface area contributed by atoms with Crippen molar-refractivity contribution in [1.29, 1.82) is 0 Å². The van der Waals surface area contributed by atoms with Gasteiger partial charge >= 0.3 is 5.97 Å². The molecule has 122 valence electrons. The second kappa shape index (κ2) is 6.40. The van der Waals surface area contributed by atoms with E-state index in [0.717, 1.165) is 22.4 Å². The molecule has 0 aliphatic heterocycles. The molecule has 1 aromatic heterocycles. The number of imidazole rings is 1. The Morgan fingerprint density at radius 3 is 2.65 bits per heavy atom. The molecule has 0 spiro atoms. The van der Waals surface area contributed by atoms with Gasteiger partial charge < -0.3 is 15.4 Å². The molecule has 1 aromatic carbocycles. The SMILES string of the molecule is Cc1ccc2nc(CNC(=O)C3CCC(C(=O)O)CC3)[nH]c2c1. The topological polar surface area (TPSA) is 95.1 Å². The van der Waals surface area contributed by atoms with Gasteiger partial charge in [0.1, 0.15) is 5.82 Å². The van der Waals surface area contributed by atoms with Crippen LogP contribution in [0.3, 0.4) is 0 Å². The molecular weight excluding hydrogens is 294 g/mol. The number of hydrogen-bond acceptors (Lipinski definition) is 3. The number of H-pyrrole nitrogens is 1. The van der Waals surface area contributed by atoms with Crippen LogP contribution in [0.4, 0.5) is 0 Å². The Hall–Kier alpha value is -2.37. The van der Waals surface area contributed by atoms with E-state index in [1.807, 2.05) is 25.1 Å². The Bertz CT molecular complexity index is 730. The average Bonchev–Trinajstić information content (AvgIpc) is 2.94. The largest absolute Gasteiger partial charge is 0.481 e. The van der Waals surface area contributed by atoms with Gasteiger partial charge in [-0.15, -0.1) is 0 Å². The minimum Gasteiger partial charge on any atom is -0.481 e. The van der Waals surface area contributed by atoms with E-state index in [4.69, 9.17) is 5.11 Å². The van der Waals surface area contributed by atoms with Gasteiger partial charge in [-0.1, -0.05) is 6.07 Å². The molecule has 1 amide bonds. The van der Waals surface area contributed by atoms with E-state index in [1.165, 1.54) is 0 Å². The summed E-state index contributed by atoms with van der Waals surface area (Å²) in [5, 5.41) is 11.9. The van der Waals surface area contributed by atoms with E-state index in [9.17, 15) is 9.59 Å². The number of rotatable bonds is 4. The van der Waals surface area contributed by atoms with Crippen molar-refractivity contribution >= 4 is 22.9 Å². The number of aryl methyl sites for hydroxylation is 1. The van der Waals surface area contributed by atoms with Crippen LogP contribution >= 0.6 is 0 Å². The van der Waals surface area contributed by atoms with E-state index in [2.05, 4.69) is 15.3 Å². The van der Waals surface area contributed by atoms with Gasteiger partial charge in [-0.3, -0.25) is 9.59 Å². The van der Waals surface area contributed by atoms with Crippen LogP contribution in [0.1, 0.15) is 37.1 Å². The van der Waals surface area contributed by atoms with Crippen molar-refractivity contribution in [3.05, 3.63) is 29.6 Å². The number of aromatic amines is 1. The second-order valence-electron chi connectivity index (χ2n) is 6.31. The molecule has 0 radical (unpaired) electrons. The van der Waals surface area contributed by atoms with Gasteiger partial charge in [0, 0.05) is 5.92 Å². The maximum absolute atomic E-state index is 12.2. The molecule has 1 aliphatic rings. The molecule has 0 unspecified atom stereocenters. The molecule has 3 N–H and O–H groups in total. The van der Waals surface area contributed by atoms with Crippen LogP contribution in [0.5, 0.6) is 0 Å². The number of carboxylic acids is 1. The first-order valence-corrected chi connectivity index (χ1v) is 7.98. The second-order valence-corrected chi connectivity index (χ2v) is 6.31. The van der Waals surface area contributed by atoms with Gasteiger partial charge in [0.25, 0.3) is 0 Å². The van der Waals surface area contributed by atoms with Gasteiger partial charge in [-0.2, -0.15) is 0 Å². The molecule has 1 aliphatic carbocycles. The maximum Gasteiger partial charge on any atom is 0.306 e. The lowest BCUT2D eigenvalue weighted by atomic mass is 9.81. The Balaban J connectivity index is 1.55. The van der Waals surface area contributed by atoms with Crippen molar-refractivity contribution in [1.82, 2.24) is 15.3 Å². The van der Waals surface area contributed by atoms with Crippen molar-refractivity contribution in [3.8, 4) is 0 Å². The first kappa shape index (κ1) is 15.5. The molecule has 0 atom stereocenters. The highest BCUT2D eigenvalue weighted by Crippen LogP contribution is 2.29. The number of amides is 1. The van der Waals surface area contributed by atoms with E-state index in [1.54, 1.807) is 0 Å². The normalized spacial score (nSPS) is 21.3. The summed E-state index contributed by atoms with van der Waals surface area (Å²) in [6.45, 7) is 2.39. The van der Waals surface area contributed by atoms with Crippen LogP contribution in [-0.2, 0) is 16.1 Å². The summed E-state index contributed by atoms with van der Waals surface area (Å²) in [4.78, 5) is 30.8. The Kier molecular flexibility index (Phi) is 4.32. The number of nitrogens with one attached hydrogen (secondary N) is 2. The lowest BCUT2D eigenvalue weighted by Gasteiger charge is -2.25.